The molecule has 1 aliphatic carbocycles. The molecule has 0 aliphatic heterocycles. The van der Waals surface area contributed by atoms with Crippen LogP contribution in [-0.2, 0) is 0 Å². The van der Waals surface area contributed by atoms with E-state index in [-0.39, 0.29) is 6.04 Å². The zero-order chi connectivity index (χ0) is 11.0. The van der Waals surface area contributed by atoms with E-state index in [4.69, 9.17) is 40.5 Å². The van der Waals surface area contributed by atoms with Gasteiger partial charge in [0, 0.05) is 16.6 Å². The maximum atomic E-state index is 6.14. The van der Waals surface area contributed by atoms with Crippen molar-refractivity contribution in [2.75, 3.05) is 0 Å². The van der Waals surface area contributed by atoms with E-state index in [9.17, 15) is 0 Å². The van der Waals surface area contributed by atoms with Crippen molar-refractivity contribution in [2.45, 2.75) is 25.3 Å². The summed E-state index contributed by atoms with van der Waals surface area (Å²) in [4.78, 5) is 0. The molecule has 0 unspecified atom stereocenters. The Morgan fingerprint density at radius 3 is 2.27 bits per heavy atom. The zero-order valence-electron chi connectivity index (χ0n) is 8.14. The van der Waals surface area contributed by atoms with Gasteiger partial charge in [-0.15, -0.1) is 0 Å². The smallest absolute Gasteiger partial charge is 0.0655 e. The average molecular weight is 265 g/mol. The molecule has 4 heteroatoms. The van der Waals surface area contributed by atoms with Crippen molar-refractivity contribution in [1.82, 2.24) is 0 Å². The predicted octanol–water partition coefficient (Wildman–Crippen LogP) is 4.45. The van der Waals surface area contributed by atoms with E-state index in [1.807, 2.05) is 0 Å². The van der Waals surface area contributed by atoms with Gasteiger partial charge in [0.2, 0.25) is 0 Å². The van der Waals surface area contributed by atoms with Crippen LogP contribution in [0.1, 0.15) is 30.9 Å². The highest BCUT2D eigenvalue weighted by molar-refractivity contribution is 6.44. The van der Waals surface area contributed by atoms with Gasteiger partial charge in [-0.05, 0) is 30.9 Å². The van der Waals surface area contributed by atoms with Gasteiger partial charge in [-0.1, -0.05) is 41.2 Å². The Bertz CT molecular complexity index is 374. The summed E-state index contributed by atoms with van der Waals surface area (Å²) in [5, 5.41) is 1.64. The van der Waals surface area contributed by atoms with Crippen LogP contribution in [0.5, 0.6) is 0 Å². The van der Waals surface area contributed by atoms with E-state index in [1.54, 1.807) is 12.1 Å². The Morgan fingerprint density at radius 1 is 1.13 bits per heavy atom. The van der Waals surface area contributed by atoms with Gasteiger partial charge in [0.15, 0.2) is 0 Å². The minimum Gasteiger partial charge on any atom is -0.324 e. The summed E-state index contributed by atoms with van der Waals surface area (Å²) in [6.07, 6.45) is 3.55. The van der Waals surface area contributed by atoms with Gasteiger partial charge < -0.3 is 5.73 Å². The Morgan fingerprint density at radius 2 is 1.73 bits per heavy atom. The first-order chi connectivity index (χ1) is 7.11. The molecule has 0 aromatic heterocycles. The van der Waals surface area contributed by atoms with Crippen LogP contribution in [0, 0.1) is 5.92 Å². The van der Waals surface area contributed by atoms with Crippen LogP contribution in [0.3, 0.4) is 0 Å². The predicted molar refractivity (Wildman–Crippen MR) is 65.7 cm³/mol. The van der Waals surface area contributed by atoms with Crippen LogP contribution in [0.2, 0.25) is 15.1 Å². The maximum Gasteiger partial charge on any atom is 0.0655 e. The average Bonchev–Trinajstić information content (AvgIpc) is 2.09. The molecule has 1 aliphatic rings. The SMILES string of the molecule is N[C@@H](c1c(Cl)ccc(Cl)c1Cl)C1CCC1. The van der Waals surface area contributed by atoms with Gasteiger partial charge in [-0.25, -0.2) is 0 Å². The fourth-order valence-corrected chi connectivity index (χ4v) is 2.67. The molecule has 1 aromatic carbocycles. The molecule has 1 aromatic rings. The molecule has 0 amide bonds. The van der Waals surface area contributed by atoms with Crippen molar-refractivity contribution in [3.63, 3.8) is 0 Å². The first kappa shape index (κ1) is 11.5. The van der Waals surface area contributed by atoms with Crippen molar-refractivity contribution < 1.29 is 0 Å². The molecule has 82 valence electrons. The van der Waals surface area contributed by atoms with Crippen molar-refractivity contribution in [3.8, 4) is 0 Å². The lowest BCUT2D eigenvalue weighted by Crippen LogP contribution is -2.27. The Hall–Kier alpha value is 0.0500. The zero-order valence-corrected chi connectivity index (χ0v) is 10.4. The highest BCUT2D eigenvalue weighted by atomic mass is 35.5. The van der Waals surface area contributed by atoms with Crippen LogP contribution < -0.4 is 5.73 Å². The van der Waals surface area contributed by atoms with Crippen LogP contribution in [0.15, 0.2) is 12.1 Å². The standard InChI is InChI=1S/C11H12Cl3N/c12-7-4-5-8(13)10(14)9(7)11(15)6-2-1-3-6/h4-6,11H,1-3,15H2/t11-/m1/s1. The molecule has 1 atom stereocenters. The molecule has 0 spiro atoms. The van der Waals surface area contributed by atoms with E-state index in [0.29, 0.717) is 21.0 Å². The topological polar surface area (TPSA) is 26.0 Å². The third-order valence-corrected chi connectivity index (χ3v) is 4.22. The molecular formula is C11H12Cl3N. The highest BCUT2D eigenvalue weighted by Crippen LogP contribution is 2.42. The van der Waals surface area contributed by atoms with Crippen LogP contribution >= 0.6 is 34.8 Å². The second-order valence-corrected chi connectivity index (χ2v) is 5.17. The summed E-state index contributed by atoms with van der Waals surface area (Å²) in [6.45, 7) is 0. The monoisotopic (exact) mass is 263 g/mol. The van der Waals surface area contributed by atoms with Crippen molar-refractivity contribution in [3.05, 3.63) is 32.8 Å². The molecular weight excluding hydrogens is 252 g/mol. The first-order valence-corrected chi connectivity index (χ1v) is 6.13. The summed E-state index contributed by atoms with van der Waals surface area (Å²) in [5.41, 5.74) is 6.94. The fraction of sp³-hybridized carbons (Fsp3) is 0.455. The van der Waals surface area contributed by atoms with Crippen molar-refractivity contribution >= 4 is 34.8 Å². The minimum atomic E-state index is -0.0857. The first-order valence-electron chi connectivity index (χ1n) is 5.00. The summed E-state index contributed by atoms with van der Waals surface area (Å²) in [6, 6.07) is 3.37. The van der Waals surface area contributed by atoms with E-state index in [2.05, 4.69) is 0 Å². The summed E-state index contributed by atoms with van der Waals surface area (Å²) in [7, 11) is 0. The summed E-state index contributed by atoms with van der Waals surface area (Å²) < 4.78 is 0. The molecule has 2 rings (SSSR count). The van der Waals surface area contributed by atoms with Gasteiger partial charge in [0.05, 0.1) is 10.0 Å². The van der Waals surface area contributed by atoms with Crippen molar-refractivity contribution in [1.29, 1.82) is 0 Å². The lowest BCUT2D eigenvalue weighted by Gasteiger charge is -2.32. The molecule has 15 heavy (non-hydrogen) atoms. The number of hydrogen-bond donors (Lipinski definition) is 1. The molecule has 0 bridgehead atoms. The molecule has 1 nitrogen and oxygen atoms in total. The van der Waals surface area contributed by atoms with Crippen LogP contribution in [-0.4, -0.2) is 0 Å². The van der Waals surface area contributed by atoms with E-state index >= 15 is 0 Å². The third kappa shape index (κ3) is 2.12. The highest BCUT2D eigenvalue weighted by Gasteiger charge is 2.28. The van der Waals surface area contributed by atoms with Gasteiger partial charge in [0.25, 0.3) is 0 Å². The lowest BCUT2D eigenvalue weighted by molar-refractivity contribution is 0.264. The van der Waals surface area contributed by atoms with Crippen molar-refractivity contribution in [2.24, 2.45) is 11.7 Å². The Kier molecular flexibility index (Phi) is 3.46. The normalized spacial score (nSPS) is 18.7. The fourth-order valence-electron chi connectivity index (χ4n) is 1.88. The Balaban J connectivity index is 2.36. The third-order valence-electron chi connectivity index (χ3n) is 3.07. The number of hydrogen-bond acceptors (Lipinski definition) is 1. The quantitative estimate of drug-likeness (QED) is 0.785. The molecule has 1 saturated carbocycles. The van der Waals surface area contributed by atoms with Crippen LogP contribution in [0.25, 0.3) is 0 Å². The van der Waals surface area contributed by atoms with Gasteiger partial charge in [0.1, 0.15) is 0 Å². The number of nitrogens with two attached hydrogens (primary N) is 1. The van der Waals surface area contributed by atoms with Crippen LogP contribution in [0.4, 0.5) is 0 Å². The number of rotatable bonds is 2. The van der Waals surface area contributed by atoms with Gasteiger partial charge in [-0.2, -0.15) is 0 Å². The van der Waals surface area contributed by atoms with E-state index < -0.39 is 0 Å². The van der Waals surface area contributed by atoms with E-state index in [0.717, 1.165) is 18.4 Å². The molecule has 0 heterocycles. The second kappa shape index (κ2) is 4.50. The second-order valence-electron chi connectivity index (χ2n) is 3.97. The molecule has 0 radical (unpaired) electrons. The minimum absolute atomic E-state index is 0.0857. The van der Waals surface area contributed by atoms with Gasteiger partial charge in [-0.3, -0.25) is 0 Å². The lowest BCUT2D eigenvalue weighted by atomic mass is 9.77. The van der Waals surface area contributed by atoms with E-state index in [1.165, 1.54) is 6.42 Å². The number of benzene rings is 1. The maximum absolute atomic E-state index is 6.14. The summed E-state index contributed by atoms with van der Waals surface area (Å²) in [5.74, 6) is 0.499. The molecule has 2 N–H and O–H groups in total. The number of halogens is 3. The Labute approximate surface area is 104 Å². The largest absolute Gasteiger partial charge is 0.324 e. The van der Waals surface area contributed by atoms with Gasteiger partial charge >= 0.3 is 0 Å². The molecule has 0 saturated heterocycles. The molecule has 1 fully saturated rings. The summed E-state index contributed by atoms with van der Waals surface area (Å²) >= 11 is 18.2.